The highest BCUT2D eigenvalue weighted by atomic mass is 15.1. The second-order valence-corrected chi connectivity index (χ2v) is 6.92. The molecule has 0 aromatic rings. The Balaban J connectivity index is 1.45. The minimum atomic E-state index is 0.816. The van der Waals surface area contributed by atoms with E-state index >= 15 is 0 Å². The van der Waals surface area contributed by atoms with Crippen LogP contribution in [0.5, 0.6) is 0 Å². The summed E-state index contributed by atoms with van der Waals surface area (Å²) in [7, 11) is 0. The number of fused-ring (bicyclic) bond motifs is 2. The maximum Gasteiger partial charge on any atom is 0.0101 e. The molecule has 1 aliphatic heterocycles. The third kappa shape index (κ3) is 2.91. The highest BCUT2D eigenvalue weighted by molar-refractivity contribution is 4.95. The molecule has 4 unspecified atom stereocenters. The van der Waals surface area contributed by atoms with Gasteiger partial charge in [0.1, 0.15) is 0 Å². The maximum absolute atomic E-state index is 4.03. The number of hydrogen-bond donors (Lipinski definition) is 1. The first kappa shape index (κ1) is 12.9. The number of hydrogen-bond acceptors (Lipinski definition) is 2. The van der Waals surface area contributed by atoms with Crippen molar-refractivity contribution >= 4 is 0 Å². The van der Waals surface area contributed by atoms with E-state index in [0.29, 0.717) is 0 Å². The number of likely N-dealkylation sites (tertiary alicyclic amines) is 1. The molecule has 3 rings (SSSR count). The van der Waals surface area contributed by atoms with Gasteiger partial charge in [-0.1, -0.05) is 13.3 Å². The second-order valence-electron chi connectivity index (χ2n) is 6.92. The number of nitrogens with one attached hydrogen (secondary N) is 1. The second kappa shape index (κ2) is 5.92. The molecule has 0 aromatic carbocycles. The Morgan fingerprint density at radius 1 is 1.06 bits per heavy atom. The first-order valence-electron chi connectivity index (χ1n) is 8.33. The minimum Gasteiger partial charge on any atom is -0.311 e. The van der Waals surface area contributed by atoms with Gasteiger partial charge in [-0.25, -0.2) is 0 Å². The SMILES string of the molecule is CCCN1CCCC(NC2CC3CCC2C3)CC1. The van der Waals surface area contributed by atoms with Crippen molar-refractivity contribution in [3.63, 3.8) is 0 Å². The van der Waals surface area contributed by atoms with Gasteiger partial charge >= 0.3 is 0 Å². The maximum atomic E-state index is 4.03. The van der Waals surface area contributed by atoms with Gasteiger partial charge in [0.15, 0.2) is 0 Å². The Kier molecular flexibility index (Phi) is 4.25. The predicted octanol–water partition coefficient (Wildman–Crippen LogP) is 3.03. The molecular formula is C16H30N2. The van der Waals surface area contributed by atoms with Crippen LogP contribution in [0.25, 0.3) is 0 Å². The summed E-state index contributed by atoms with van der Waals surface area (Å²) in [4.78, 5) is 2.67. The van der Waals surface area contributed by atoms with Crippen molar-refractivity contribution in [1.82, 2.24) is 10.2 Å². The number of nitrogens with zero attached hydrogens (tertiary/aromatic N) is 1. The van der Waals surface area contributed by atoms with Crippen molar-refractivity contribution in [2.24, 2.45) is 11.8 Å². The summed E-state index contributed by atoms with van der Waals surface area (Å²) >= 11 is 0. The van der Waals surface area contributed by atoms with Gasteiger partial charge in [-0.05, 0) is 76.4 Å². The molecule has 0 aromatic heterocycles. The molecule has 1 N–H and O–H groups in total. The van der Waals surface area contributed by atoms with Crippen LogP contribution in [0.4, 0.5) is 0 Å². The van der Waals surface area contributed by atoms with Crippen LogP contribution in [0, 0.1) is 11.8 Å². The predicted molar refractivity (Wildman–Crippen MR) is 76.7 cm³/mol. The monoisotopic (exact) mass is 250 g/mol. The molecule has 0 spiro atoms. The van der Waals surface area contributed by atoms with Crippen LogP contribution in [0.1, 0.15) is 58.3 Å². The topological polar surface area (TPSA) is 15.3 Å². The average Bonchev–Trinajstić information content (AvgIpc) is 2.91. The van der Waals surface area contributed by atoms with Gasteiger partial charge in [-0.3, -0.25) is 0 Å². The van der Waals surface area contributed by atoms with Crippen LogP contribution in [-0.4, -0.2) is 36.6 Å². The van der Waals surface area contributed by atoms with Crippen molar-refractivity contribution in [3.8, 4) is 0 Å². The summed E-state index contributed by atoms with van der Waals surface area (Å²) in [5.41, 5.74) is 0. The lowest BCUT2D eigenvalue weighted by molar-refractivity contribution is 0.273. The van der Waals surface area contributed by atoms with E-state index in [1.165, 1.54) is 71.0 Å². The third-order valence-corrected chi connectivity index (χ3v) is 5.55. The van der Waals surface area contributed by atoms with Crippen LogP contribution >= 0.6 is 0 Å². The molecule has 2 heteroatoms. The molecule has 2 aliphatic carbocycles. The highest BCUT2D eigenvalue weighted by Crippen LogP contribution is 2.44. The minimum absolute atomic E-state index is 0.816. The average molecular weight is 250 g/mol. The molecular weight excluding hydrogens is 220 g/mol. The van der Waals surface area contributed by atoms with Gasteiger partial charge in [0, 0.05) is 12.1 Å². The summed E-state index contributed by atoms with van der Waals surface area (Å²) in [5.74, 6) is 2.11. The molecule has 2 bridgehead atoms. The first-order valence-corrected chi connectivity index (χ1v) is 8.33. The van der Waals surface area contributed by atoms with Crippen molar-refractivity contribution < 1.29 is 0 Å². The van der Waals surface area contributed by atoms with E-state index in [1.807, 2.05) is 0 Å². The molecule has 0 amide bonds. The van der Waals surface area contributed by atoms with Crippen LogP contribution in [0.3, 0.4) is 0 Å². The normalized spacial score (nSPS) is 41.2. The fourth-order valence-electron chi connectivity index (χ4n) is 4.61. The summed E-state index contributed by atoms with van der Waals surface area (Å²) in [5, 5.41) is 4.03. The lowest BCUT2D eigenvalue weighted by Gasteiger charge is -2.28. The Morgan fingerprint density at radius 3 is 2.72 bits per heavy atom. The highest BCUT2D eigenvalue weighted by Gasteiger charge is 2.40. The quantitative estimate of drug-likeness (QED) is 0.825. The molecule has 2 saturated carbocycles. The molecule has 18 heavy (non-hydrogen) atoms. The zero-order chi connectivity index (χ0) is 12.4. The number of rotatable bonds is 4. The first-order chi connectivity index (χ1) is 8.85. The molecule has 3 aliphatic rings. The summed E-state index contributed by atoms with van der Waals surface area (Å²) < 4.78 is 0. The molecule has 4 atom stereocenters. The fraction of sp³-hybridized carbons (Fsp3) is 1.00. The Morgan fingerprint density at radius 2 is 2.00 bits per heavy atom. The Hall–Kier alpha value is -0.0800. The smallest absolute Gasteiger partial charge is 0.0101 e. The molecule has 2 nitrogen and oxygen atoms in total. The molecule has 1 heterocycles. The van der Waals surface area contributed by atoms with Crippen molar-refractivity contribution in [1.29, 1.82) is 0 Å². The Bertz CT molecular complexity index is 266. The third-order valence-electron chi connectivity index (χ3n) is 5.55. The zero-order valence-corrected chi connectivity index (χ0v) is 12.0. The summed E-state index contributed by atoms with van der Waals surface area (Å²) in [6.45, 7) is 6.27. The van der Waals surface area contributed by atoms with Gasteiger partial charge in [-0.2, -0.15) is 0 Å². The van der Waals surface area contributed by atoms with E-state index in [0.717, 1.165) is 23.9 Å². The van der Waals surface area contributed by atoms with Crippen LogP contribution in [0.15, 0.2) is 0 Å². The van der Waals surface area contributed by atoms with Crippen molar-refractivity contribution in [2.45, 2.75) is 70.4 Å². The van der Waals surface area contributed by atoms with Crippen LogP contribution < -0.4 is 5.32 Å². The van der Waals surface area contributed by atoms with Crippen molar-refractivity contribution in [3.05, 3.63) is 0 Å². The van der Waals surface area contributed by atoms with E-state index in [2.05, 4.69) is 17.1 Å². The summed E-state index contributed by atoms with van der Waals surface area (Å²) in [6.07, 6.45) is 11.6. The van der Waals surface area contributed by atoms with Gasteiger partial charge < -0.3 is 10.2 Å². The molecule has 3 fully saturated rings. The van der Waals surface area contributed by atoms with Crippen LogP contribution in [-0.2, 0) is 0 Å². The van der Waals surface area contributed by atoms with E-state index in [4.69, 9.17) is 0 Å². The lowest BCUT2D eigenvalue weighted by Crippen LogP contribution is -2.41. The largest absolute Gasteiger partial charge is 0.311 e. The van der Waals surface area contributed by atoms with Gasteiger partial charge in [0.2, 0.25) is 0 Å². The standard InChI is InChI=1S/C16H30N2/c1-2-8-18-9-3-4-15(7-10-18)17-16-12-13-5-6-14(16)11-13/h13-17H,2-12H2,1H3. The Labute approximate surface area is 113 Å². The van der Waals surface area contributed by atoms with Gasteiger partial charge in [0.05, 0.1) is 0 Å². The van der Waals surface area contributed by atoms with Crippen LogP contribution in [0.2, 0.25) is 0 Å². The molecule has 1 saturated heterocycles. The van der Waals surface area contributed by atoms with E-state index in [9.17, 15) is 0 Å². The van der Waals surface area contributed by atoms with Gasteiger partial charge in [0.25, 0.3) is 0 Å². The van der Waals surface area contributed by atoms with E-state index in [1.54, 1.807) is 0 Å². The van der Waals surface area contributed by atoms with Crippen molar-refractivity contribution in [2.75, 3.05) is 19.6 Å². The lowest BCUT2D eigenvalue weighted by atomic mass is 9.94. The molecule has 0 radical (unpaired) electrons. The summed E-state index contributed by atoms with van der Waals surface area (Å²) in [6, 6.07) is 1.70. The zero-order valence-electron chi connectivity index (χ0n) is 12.0. The molecule has 104 valence electrons. The van der Waals surface area contributed by atoms with E-state index < -0.39 is 0 Å². The van der Waals surface area contributed by atoms with Gasteiger partial charge in [-0.15, -0.1) is 0 Å². The van der Waals surface area contributed by atoms with E-state index in [-0.39, 0.29) is 0 Å². The fourth-order valence-corrected chi connectivity index (χ4v) is 4.61.